The number of hydrogen-bond donors (Lipinski definition) is 1. The first-order valence-electron chi connectivity index (χ1n) is 7.41. The van der Waals surface area contributed by atoms with Gasteiger partial charge in [-0.2, -0.15) is 0 Å². The summed E-state index contributed by atoms with van der Waals surface area (Å²) in [5, 5.41) is 9.30. The zero-order valence-corrected chi connectivity index (χ0v) is 13.8. The smallest absolute Gasteiger partial charge is 0.337 e. The lowest BCUT2D eigenvalue weighted by atomic mass is 9.95. The highest BCUT2D eigenvalue weighted by Crippen LogP contribution is 2.26. The van der Waals surface area contributed by atoms with Crippen LogP contribution in [0.2, 0.25) is 0 Å². The fraction of sp³-hybridized carbons (Fsp3) is 0.316. The molecule has 2 rings (SSSR count). The highest BCUT2D eigenvalue weighted by atomic mass is 16.4. The Morgan fingerprint density at radius 1 is 1.18 bits per heavy atom. The number of aryl methyl sites for hydroxylation is 1. The minimum absolute atomic E-state index is 0.0973. The van der Waals surface area contributed by atoms with Crippen LogP contribution in [-0.4, -0.2) is 15.6 Å². The average molecular weight is 297 g/mol. The molecule has 0 aliphatic heterocycles. The summed E-state index contributed by atoms with van der Waals surface area (Å²) in [7, 11) is 0. The van der Waals surface area contributed by atoms with Gasteiger partial charge in [-0.1, -0.05) is 51.1 Å². The van der Waals surface area contributed by atoms with Gasteiger partial charge in [0, 0.05) is 11.4 Å². The Morgan fingerprint density at radius 3 is 2.36 bits per heavy atom. The average Bonchev–Trinajstić information content (AvgIpc) is 2.71. The molecule has 0 atom stereocenters. The molecule has 1 N–H and O–H groups in total. The fourth-order valence-electron chi connectivity index (χ4n) is 2.52. The number of hydrogen-bond acceptors (Lipinski definition) is 1. The van der Waals surface area contributed by atoms with E-state index in [0.29, 0.717) is 5.56 Å². The van der Waals surface area contributed by atoms with Crippen LogP contribution in [0.25, 0.3) is 11.8 Å². The largest absolute Gasteiger partial charge is 0.478 e. The van der Waals surface area contributed by atoms with Gasteiger partial charge in [-0.05, 0) is 37.0 Å². The normalized spacial score (nSPS) is 12.0. The van der Waals surface area contributed by atoms with Crippen molar-refractivity contribution in [2.75, 3.05) is 0 Å². The molecule has 0 aliphatic rings. The SMILES string of the molecule is Cc1cc(C(=O)O)c(C)n1-c1ccccc1/C=C/C(C)(C)C. The molecule has 1 aromatic carbocycles. The molecule has 0 saturated carbocycles. The number of carbonyl (C=O) groups is 1. The highest BCUT2D eigenvalue weighted by molar-refractivity contribution is 5.89. The van der Waals surface area contributed by atoms with Gasteiger partial charge in [0.1, 0.15) is 0 Å². The lowest BCUT2D eigenvalue weighted by Gasteiger charge is -2.15. The first-order chi connectivity index (χ1) is 10.2. The van der Waals surface area contributed by atoms with Crippen LogP contribution in [0.4, 0.5) is 0 Å². The summed E-state index contributed by atoms with van der Waals surface area (Å²) in [5.41, 5.74) is 4.21. The first-order valence-corrected chi connectivity index (χ1v) is 7.41. The van der Waals surface area contributed by atoms with Gasteiger partial charge in [0.05, 0.1) is 11.3 Å². The van der Waals surface area contributed by atoms with E-state index in [2.05, 4.69) is 39.0 Å². The van der Waals surface area contributed by atoms with Gasteiger partial charge >= 0.3 is 5.97 Å². The van der Waals surface area contributed by atoms with Crippen LogP contribution in [0, 0.1) is 19.3 Å². The van der Waals surface area contributed by atoms with Crippen molar-refractivity contribution in [2.24, 2.45) is 5.41 Å². The first kappa shape index (κ1) is 16.1. The number of para-hydroxylation sites is 1. The van der Waals surface area contributed by atoms with Gasteiger partial charge in [0.25, 0.3) is 0 Å². The molecule has 22 heavy (non-hydrogen) atoms. The zero-order valence-electron chi connectivity index (χ0n) is 13.8. The van der Waals surface area contributed by atoms with E-state index >= 15 is 0 Å². The van der Waals surface area contributed by atoms with Crippen LogP contribution in [-0.2, 0) is 0 Å². The molecule has 1 aromatic heterocycles. The van der Waals surface area contributed by atoms with Gasteiger partial charge < -0.3 is 9.67 Å². The number of aromatic nitrogens is 1. The monoisotopic (exact) mass is 297 g/mol. The van der Waals surface area contributed by atoms with Crippen molar-refractivity contribution in [3.05, 3.63) is 58.9 Å². The van der Waals surface area contributed by atoms with E-state index in [-0.39, 0.29) is 5.41 Å². The lowest BCUT2D eigenvalue weighted by Crippen LogP contribution is -2.04. The van der Waals surface area contributed by atoms with Crippen molar-refractivity contribution in [1.82, 2.24) is 4.57 Å². The van der Waals surface area contributed by atoms with Gasteiger partial charge in [0.15, 0.2) is 0 Å². The molecule has 0 spiro atoms. The summed E-state index contributed by atoms with van der Waals surface area (Å²) < 4.78 is 2.01. The van der Waals surface area contributed by atoms with Crippen molar-refractivity contribution in [1.29, 1.82) is 0 Å². The molecule has 116 valence electrons. The highest BCUT2D eigenvalue weighted by Gasteiger charge is 2.17. The lowest BCUT2D eigenvalue weighted by molar-refractivity contribution is 0.0696. The van der Waals surface area contributed by atoms with Crippen molar-refractivity contribution >= 4 is 12.0 Å². The van der Waals surface area contributed by atoms with E-state index in [1.807, 2.05) is 36.6 Å². The van der Waals surface area contributed by atoms with Crippen LogP contribution in [0.1, 0.15) is 48.1 Å². The molecule has 0 radical (unpaired) electrons. The Kier molecular flexibility index (Phi) is 4.27. The molecule has 3 heteroatoms. The summed E-state index contributed by atoms with van der Waals surface area (Å²) in [6.45, 7) is 10.2. The third kappa shape index (κ3) is 3.30. The third-order valence-electron chi connectivity index (χ3n) is 3.60. The van der Waals surface area contributed by atoms with E-state index in [1.165, 1.54) is 0 Å². The number of rotatable bonds is 3. The fourth-order valence-corrected chi connectivity index (χ4v) is 2.52. The second kappa shape index (κ2) is 5.84. The van der Waals surface area contributed by atoms with Crippen LogP contribution in [0.15, 0.2) is 36.4 Å². The molecule has 0 saturated heterocycles. The van der Waals surface area contributed by atoms with Crippen LogP contribution < -0.4 is 0 Å². The second-order valence-electron chi connectivity index (χ2n) is 6.68. The molecule has 3 nitrogen and oxygen atoms in total. The van der Waals surface area contributed by atoms with E-state index in [9.17, 15) is 9.90 Å². The molecule has 0 bridgehead atoms. The van der Waals surface area contributed by atoms with Crippen molar-refractivity contribution in [2.45, 2.75) is 34.6 Å². The number of allylic oxidation sites excluding steroid dienone is 1. The van der Waals surface area contributed by atoms with E-state index < -0.39 is 5.97 Å². The summed E-state index contributed by atoms with van der Waals surface area (Å²) >= 11 is 0. The maximum atomic E-state index is 11.3. The maximum Gasteiger partial charge on any atom is 0.337 e. The van der Waals surface area contributed by atoms with Crippen LogP contribution in [0.3, 0.4) is 0 Å². The quantitative estimate of drug-likeness (QED) is 0.879. The Morgan fingerprint density at radius 2 is 1.82 bits per heavy atom. The molecule has 0 fully saturated rings. The maximum absolute atomic E-state index is 11.3. The Bertz CT molecular complexity index is 730. The molecule has 0 amide bonds. The molecule has 0 aliphatic carbocycles. The van der Waals surface area contributed by atoms with Crippen molar-refractivity contribution in [3.63, 3.8) is 0 Å². The Hall–Kier alpha value is -2.29. The topological polar surface area (TPSA) is 42.2 Å². The summed E-state index contributed by atoms with van der Waals surface area (Å²) in [6, 6.07) is 9.77. The predicted octanol–water partition coefficient (Wildman–Crippen LogP) is 4.85. The van der Waals surface area contributed by atoms with Crippen molar-refractivity contribution in [3.8, 4) is 5.69 Å². The molecule has 1 heterocycles. The van der Waals surface area contributed by atoms with E-state index in [1.54, 1.807) is 6.07 Å². The number of aromatic carboxylic acids is 1. The van der Waals surface area contributed by atoms with Gasteiger partial charge in [-0.3, -0.25) is 0 Å². The molecular formula is C19H23NO2. The Labute approximate surface area is 131 Å². The van der Waals surface area contributed by atoms with E-state index in [4.69, 9.17) is 0 Å². The van der Waals surface area contributed by atoms with Crippen molar-refractivity contribution < 1.29 is 9.90 Å². The minimum atomic E-state index is -0.887. The number of carboxylic acids is 1. The Balaban J connectivity index is 2.60. The standard InChI is InChI=1S/C19H23NO2/c1-13-12-16(18(21)22)14(2)20(13)17-9-7-6-8-15(17)10-11-19(3,4)5/h6-12H,1-5H3,(H,21,22)/b11-10+. The predicted molar refractivity (Wildman–Crippen MR) is 90.7 cm³/mol. The van der Waals surface area contributed by atoms with Gasteiger partial charge in [-0.15, -0.1) is 0 Å². The minimum Gasteiger partial charge on any atom is -0.478 e. The zero-order chi connectivity index (χ0) is 16.5. The number of carboxylic acid groups (broad SMARTS) is 1. The van der Waals surface area contributed by atoms with Crippen LogP contribution in [0.5, 0.6) is 0 Å². The summed E-state index contributed by atoms with van der Waals surface area (Å²) in [6.07, 6.45) is 4.27. The molecule has 2 aromatic rings. The van der Waals surface area contributed by atoms with E-state index in [0.717, 1.165) is 22.6 Å². The second-order valence-corrected chi connectivity index (χ2v) is 6.68. The third-order valence-corrected chi connectivity index (χ3v) is 3.60. The summed E-state index contributed by atoms with van der Waals surface area (Å²) in [4.78, 5) is 11.3. The molecular weight excluding hydrogens is 274 g/mol. The molecule has 0 unspecified atom stereocenters. The summed E-state index contributed by atoms with van der Waals surface area (Å²) in [5.74, 6) is -0.887. The number of nitrogens with zero attached hydrogens (tertiary/aromatic N) is 1. The van der Waals surface area contributed by atoms with Gasteiger partial charge in [-0.25, -0.2) is 4.79 Å². The van der Waals surface area contributed by atoms with Crippen LogP contribution >= 0.6 is 0 Å². The van der Waals surface area contributed by atoms with Gasteiger partial charge in [0.2, 0.25) is 0 Å². The number of benzene rings is 1.